The lowest BCUT2D eigenvalue weighted by Gasteiger charge is -2.23. The fraction of sp³-hybridized carbons (Fsp3) is 0.462. The molecule has 0 aromatic heterocycles. The maximum Gasteiger partial charge on any atom is 0.319 e. The van der Waals surface area contributed by atoms with Crippen LogP contribution < -0.4 is 20.7 Å². The van der Waals surface area contributed by atoms with E-state index in [9.17, 15) is 4.79 Å². The van der Waals surface area contributed by atoms with Crippen molar-refractivity contribution in [1.82, 2.24) is 10.6 Å². The number of benzene rings is 1. The van der Waals surface area contributed by atoms with Gasteiger partial charge in [0.05, 0.1) is 19.8 Å². The normalized spacial score (nSPS) is 18.7. The smallest absolute Gasteiger partial charge is 0.319 e. The molecule has 1 aliphatic rings. The molecule has 2 rings (SSSR count). The zero-order valence-corrected chi connectivity index (χ0v) is 10.9. The SMILES string of the molecule is COc1cccc(NC(=O)NCC2CNCCO2)c1. The Kier molecular flexibility index (Phi) is 5.00. The molecule has 0 bridgehead atoms. The Labute approximate surface area is 112 Å². The Morgan fingerprint density at radius 2 is 2.47 bits per heavy atom. The molecule has 1 saturated heterocycles. The number of amides is 2. The van der Waals surface area contributed by atoms with E-state index in [2.05, 4.69) is 16.0 Å². The highest BCUT2D eigenvalue weighted by Crippen LogP contribution is 2.16. The summed E-state index contributed by atoms with van der Waals surface area (Å²) < 4.78 is 10.6. The van der Waals surface area contributed by atoms with Crippen molar-refractivity contribution in [2.75, 3.05) is 38.7 Å². The molecule has 2 amide bonds. The first-order chi connectivity index (χ1) is 9.28. The molecule has 0 spiro atoms. The van der Waals surface area contributed by atoms with Crippen LogP contribution in [0.2, 0.25) is 0 Å². The third-order valence-corrected chi connectivity index (χ3v) is 2.82. The molecule has 6 heteroatoms. The number of urea groups is 1. The van der Waals surface area contributed by atoms with Gasteiger partial charge in [-0.25, -0.2) is 4.79 Å². The van der Waals surface area contributed by atoms with E-state index in [1.165, 1.54) is 0 Å². The van der Waals surface area contributed by atoms with E-state index in [-0.39, 0.29) is 12.1 Å². The number of hydrogen-bond acceptors (Lipinski definition) is 4. The quantitative estimate of drug-likeness (QED) is 0.753. The molecule has 1 unspecified atom stereocenters. The lowest BCUT2D eigenvalue weighted by atomic mass is 10.3. The van der Waals surface area contributed by atoms with Crippen molar-refractivity contribution in [2.45, 2.75) is 6.10 Å². The molecular formula is C13H19N3O3. The van der Waals surface area contributed by atoms with Crippen LogP contribution in [-0.2, 0) is 4.74 Å². The highest BCUT2D eigenvalue weighted by atomic mass is 16.5. The van der Waals surface area contributed by atoms with Crippen molar-refractivity contribution in [3.05, 3.63) is 24.3 Å². The Hall–Kier alpha value is -1.79. The number of methoxy groups -OCH3 is 1. The lowest BCUT2D eigenvalue weighted by molar-refractivity contribution is 0.0310. The van der Waals surface area contributed by atoms with Crippen LogP contribution in [0.15, 0.2) is 24.3 Å². The summed E-state index contributed by atoms with van der Waals surface area (Å²) in [5.41, 5.74) is 0.694. The van der Waals surface area contributed by atoms with Crippen molar-refractivity contribution >= 4 is 11.7 Å². The standard InChI is InChI=1S/C13H19N3O3/c1-18-11-4-2-3-10(7-11)16-13(17)15-9-12-8-14-5-6-19-12/h2-4,7,12,14H,5-6,8-9H2,1H3,(H2,15,16,17). The molecule has 1 aliphatic heterocycles. The molecule has 0 radical (unpaired) electrons. The topological polar surface area (TPSA) is 71.6 Å². The summed E-state index contributed by atoms with van der Waals surface area (Å²) in [6.07, 6.45) is 0.0322. The summed E-state index contributed by atoms with van der Waals surface area (Å²) in [6, 6.07) is 6.97. The zero-order valence-electron chi connectivity index (χ0n) is 10.9. The lowest BCUT2D eigenvalue weighted by Crippen LogP contribution is -2.45. The van der Waals surface area contributed by atoms with Gasteiger partial charge in [0.15, 0.2) is 0 Å². The Balaban J connectivity index is 1.76. The van der Waals surface area contributed by atoms with E-state index in [4.69, 9.17) is 9.47 Å². The van der Waals surface area contributed by atoms with Gasteiger partial charge in [-0.15, -0.1) is 0 Å². The Morgan fingerprint density at radius 1 is 1.58 bits per heavy atom. The molecule has 104 valence electrons. The minimum absolute atomic E-state index is 0.0322. The molecule has 1 fully saturated rings. The highest BCUT2D eigenvalue weighted by Gasteiger charge is 2.14. The molecule has 0 aliphatic carbocycles. The van der Waals surface area contributed by atoms with Crippen LogP contribution in [0.3, 0.4) is 0 Å². The first-order valence-electron chi connectivity index (χ1n) is 6.29. The number of carbonyl (C=O) groups is 1. The molecule has 1 aromatic carbocycles. The predicted octanol–water partition coefficient (Wildman–Crippen LogP) is 0.805. The first kappa shape index (κ1) is 13.6. The summed E-state index contributed by atoms with van der Waals surface area (Å²) in [5.74, 6) is 0.706. The zero-order chi connectivity index (χ0) is 13.5. The molecule has 6 nitrogen and oxygen atoms in total. The Bertz CT molecular complexity index is 419. The van der Waals surface area contributed by atoms with Crippen LogP contribution in [0, 0.1) is 0 Å². The van der Waals surface area contributed by atoms with Crippen LogP contribution in [-0.4, -0.2) is 45.5 Å². The van der Waals surface area contributed by atoms with Crippen molar-refractivity contribution in [3.63, 3.8) is 0 Å². The van der Waals surface area contributed by atoms with E-state index < -0.39 is 0 Å². The second-order valence-corrected chi connectivity index (χ2v) is 4.26. The van der Waals surface area contributed by atoms with Crippen LogP contribution in [0.5, 0.6) is 5.75 Å². The van der Waals surface area contributed by atoms with Gasteiger partial charge >= 0.3 is 6.03 Å². The van der Waals surface area contributed by atoms with Crippen LogP contribution in [0.25, 0.3) is 0 Å². The van der Waals surface area contributed by atoms with Crippen LogP contribution in [0.4, 0.5) is 10.5 Å². The van der Waals surface area contributed by atoms with Crippen molar-refractivity contribution in [1.29, 1.82) is 0 Å². The Morgan fingerprint density at radius 3 is 3.21 bits per heavy atom. The molecule has 3 N–H and O–H groups in total. The summed E-state index contributed by atoms with van der Waals surface area (Å²) >= 11 is 0. The molecular weight excluding hydrogens is 246 g/mol. The van der Waals surface area contributed by atoms with Gasteiger partial charge in [-0.05, 0) is 12.1 Å². The van der Waals surface area contributed by atoms with Gasteiger partial charge in [-0.3, -0.25) is 0 Å². The number of hydrogen-bond donors (Lipinski definition) is 3. The van der Waals surface area contributed by atoms with Gasteiger partial charge in [0, 0.05) is 31.4 Å². The van der Waals surface area contributed by atoms with E-state index in [1.54, 1.807) is 19.2 Å². The maximum absolute atomic E-state index is 11.7. The molecule has 19 heavy (non-hydrogen) atoms. The summed E-state index contributed by atoms with van der Waals surface area (Å²) in [6.45, 7) is 2.80. The van der Waals surface area contributed by atoms with Gasteiger partial charge in [-0.2, -0.15) is 0 Å². The average Bonchev–Trinajstić information content (AvgIpc) is 2.46. The van der Waals surface area contributed by atoms with Crippen molar-refractivity contribution < 1.29 is 14.3 Å². The molecule has 1 atom stereocenters. The van der Waals surface area contributed by atoms with Gasteiger partial charge in [0.1, 0.15) is 5.75 Å². The maximum atomic E-state index is 11.7. The minimum Gasteiger partial charge on any atom is -0.497 e. The molecule has 1 aromatic rings. The number of ether oxygens (including phenoxy) is 2. The first-order valence-corrected chi connectivity index (χ1v) is 6.29. The number of nitrogens with one attached hydrogen (secondary N) is 3. The minimum atomic E-state index is -0.248. The van der Waals surface area contributed by atoms with Gasteiger partial charge in [0.2, 0.25) is 0 Å². The summed E-state index contributed by atoms with van der Waals surface area (Å²) in [5, 5.41) is 8.74. The van der Waals surface area contributed by atoms with Crippen LogP contribution >= 0.6 is 0 Å². The predicted molar refractivity (Wildman–Crippen MR) is 72.6 cm³/mol. The third-order valence-electron chi connectivity index (χ3n) is 2.82. The van der Waals surface area contributed by atoms with E-state index in [0.717, 1.165) is 13.1 Å². The number of carbonyl (C=O) groups excluding carboxylic acids is 1. The van der Waals surface area contributed by atoms with E-state index in [1.807, 2.05) is 12.1 Å². The average molecular weight is 265 g/mol. The number of morpholine rings is 1. The second-order valence-electron chi connectivity index (χ2n) is 4.26. The number of rotatable bonds is 4. The van der Waals surface area contributed by atoms with Crippen molar-refractivity contribution in [3.8, 4) is 5.75 Å². The number of anilines is 1. The van der Waals surface area contributed by atoms with E-state index >= 15 is 0 Å². The largest absolute Gasteiger partial charge is 0.497 e. The summed E-state index contributed by atoms with van der Waals surface area (Å²) in [4.78, 5) is 11.7. The van der Waals surface area contributed by atoms with Gasteiger partial charge < -0.3 is 25.4 Å². The molecule has 0 saturated carbocycles. The summed E-state index contributed by atoms with van der Waals surface area (Å²) in [7, 11) is 1.59. The van der Waals surface area contributed by atoms with Gasteiger partial charge in [-0.1, -0.05) is 6.07 Å². The fourth-order valence-corrected chi connectivity index (χ4v) is 1.83. The third kappa shape index (κ3) is 4.42. The fourth-order valence-electron chi connectivity index (χ4n) is 1.83. The second kappa shape index (κ2) is 6.96. The van der Waals surface area contributed by atoms with Crippen molar-refractivity contribution in [2.24, 2.45) is 0 Å². The molecule has 1 heterocycles. The van der Waals surface area contributed by atoms with Gasteiger partial charge in [0.25, 0.3) is 0 Å². The highest BCUT2D eigenvalue weighted by molar-refractivity contribution is 5.89. The van der Waals surface area contributed by atoms with E-state index in [0.29, 0.717) is 24.6 Å². The van der Waals surface area contributed by atoms with Crippen LogP contribution in [0.1, 0.15) is 0 Å². The monoisotopic (exact) mass is 265 g/mol.